The van der Waals surface area contributed by atoms with E-state index in [1.165, 1.54) is 186 Å². The van der Waals surface area contributed by atoms with Gasteiger partial charge in [0.2, 0.25) is 0 Å². The molecule has 2 nitrogen and oxygen atoms in total. The number of esters is 1. The molecule has 0 aromatic rings. The Kier molecular flexibility index (Phi) is 27.8. The molecule has 1 rings (SSSR count). The smallest absolute Gasteiger partial charge is 0.311 e. The zero-order valence-electron chi connectivity index (χ0n) is 28.8. The summed E-state index contributed by atoms with van der Waals surface area (Å²) in [4.78, 5) is 11.6. The van der Waals surface area contributed by atoms with E-state index < -0.39 is 0 Å². The third-order valence-corrected chi connectivity index (χ3v) is 9.27. The van der Waals surface area contributed by atoms with Crippen LogP contribution < -0.4 is 0 Å². The molecular formula is C40H74O2. The van der Waals surface area contributed by atoms with Gasteiger partial charge < -0.3 is 4.74 Å². The van der Waals surface area contributed by atoms with E-state index in [1.807, 2.05) is 0 Å². The summed E-state index contributed by atoms with van der Waals surface area (Å²) in [5.74, 6) is -0.0174. The highest BCUT2D eigenvalue weighted by Gasteiger charge is 2.42. The predicted molar refractivity (Wildman–Crippen MR) is 186 cm³/mol. The van der Waals surface area contributed by atoms with Gasteiger partial charge >= 0.3 is 5.97 Å². The summed E-state index contributed by atoms with van der Waals surface area (Å²) in [7, 11) is 0. The van der Waals surface area contributed by atoms with Crippen LogP contribution in [0.15, 0.2) is 24.3 Å². The second-order valence-electron chi connectivity index (χ2n) is 13.5. The van der Waals surface area contributed by atoms with Crippen molar-refractivity contribution in [1.29, 1.82) is 0 Å². The molecule has 246 valence electrons. The topological polar surface area (TPSA) is 26.3 Å². The van der Waals surface area contributed by atoms with E-state index in [-0.39, 0.29) is 11.6 Å². The third kappa shape index (κ3) is 24.4. The number of unbranched alkanes of at least 4 members (excludes halogenated alkanes) is 27. The first-order valence-corrected chi connectivity index (χ1v) is 19.3. The van der Waals surface area contributed by atoms with Gasteiger partial charge in [-0.15, -0.1) is 0 Å². The molecule has 0 aliphatic carbocycles. The SMILES string of the molecule is CCCCCCCC/C=C\CCCCCCCCC1(C=CCCCCCCCCCCCCCCCCC)CC(=O)O1. The van der Waals surface area contributed by atoms with Crippen LogP contribution in [0.5, 0.6) is 0 Å². The van der Waals surface area contributed by atoms with E-state index in [0.717, 1.165) is 12.8 Å². The fraction of sp³-hybridized carbons (Fsp3) is 0.875. The van der Waals surface area contributed by atoms with Gasteiger partial charge in [-0.3, -0.25) is 4.79 Å². The minimum Gasteiger partial charge on any atom is -0.454 e. The number of rotatable bonds is 33. The number of carbonyl (C=O) groups is 1. The zero-order valence-corrected chi connectivity index (χ0v) is 28.8. The van der Waals surface area contributed by atoms with Crippen molar-refractivity contribution >= 4 is 5.97 Å². The standard InChI is InChI=1S/C40H74O2/c1-3-5-7-9-11-13-15-17-19-21-23-25-27-29-31-33-35-37-40(38-39(41)42-40)36-34-32-30-28-26-24-22-20-18-16-14-12-10-8-6-4-2/h18,20,35,37H,3-17,19,21-34,36,38H2,1-2H3/b20-18-,37-35?. The Morgan fingerprint density at radius 2 is 0.786 bits per heavy atom. The van der Waals surface area contributed by atoms with Gasteiger partial charge in [-0.05, 0) is 57.4 Å². The molecule has 0 saturated carbocycles. The molecule has 0 bridgehead atoms. The largest absolute Gasteiger partial charge is 0.454 e. The molecule has 1 aliphatic heterocycles. The highest BCUT2D eigenvalue weighted by molar-refractivity contribution is 5.78. The predicted octanol–water partition coefficient (Wildman–Crippen LogP) is 13.9. The van der Waals surface area contributed by atoms with Gasteiger partial charge in [0.25, 0.3) is 0 Å². The van der Waals surface area contributed by atoms with Gasteiger partial charge in [0.15, 0.2) is 0 Å². The van der Waals surface area contributed by atoms with Gasteiger partial charge in [0.1, 0.15) is 5.60 Å². The lowest BCUT2D eigenvalue weighted by molar-refractivity contribution is -0.183. The average molecular weight is 587 g/mol. The summed E-state index contributed by atoms with van der Waals surface area (Å²) in [6, 6.07) is 0. The number of carbonyl (C=O) groups excluding carboxylic acids is 1. The van der Waals surface area contributed by atoms with Crippen molar-refractivity contribution < 1.29 is 9.53 Å². The Morgan fingerprint density at radius 3 is 1.14 bits per heavy atom. The van der Waals surface area contributed by atoms with Crippen LogP contribution in [0.3, 0.4) is 0 Å². The van der Waals surface area contributed by atoms with Crippen molar-refractivity contribution in [2.75, 3.05) is 0 Å². The van der Waals surface area contributed by atoms with Gasteiger partial charge in [-0.25, -0.2) is 0 Å². The number of ether oxygens (including phenoxy) is 1. The first-order chi connectivity index (χ1) is 20.7. The van der Waals surface area contributed by atoms with Crippen molar-refractivity contribution in [3.8, 4) is 0 Å². The summed E-state index contributed by atoms with van der Waals surface area (Å²) < 4.78 is 5.65. The molecule has 1 saturated heterocycles. The molecule has 0 aromatic heterocycles. The first kappa shape index (κ1) is 39.0. The molecule has 2 heteroatoms. The molecule has 0 spiro atoms. The van der Waals surface area contributed by atoms with Crippen LogP contribution in [-0.2, 0) is 9.53 Å². The molecular weight excluding hydrogens is 512 g/mol. The number of hydrogen-bond donors (Lipinski definition) is 0. The fourth-order valence-corrected chi connectivity index (χ4v) is 6.38. The Labute approximate surface area is 264 Å². The monoisotopic (exact) mass is 587 g/mol. The van der Waals surface area contributed by atoms with E-state index in [4.69, 9.17) is 4.74 Å². The maximum atomic E-state index is 11.6. The molecule has 1 heterocycles. The summed E-state index contributed by atoms with van der Waals surface area (Å²) in [5, 5.41) is 0. The first-order valence-electron chi connectivity index (χ1n) is 19.3. The van der Waals surface area contributed by atoms with Crippen molar-refractivity contribution in [3.05, 3.63) is 24.3 Å². The number of cyclic esters (lactones) is 1. The summed E-state index contributed by atoms with van der Waals surface area (Å²) >= 11 is 0. The molecule has 1 aliphatic rings. The Balaban J connectivity index is 1.90. The van der Waals surface area contributed by atoms with E-state index >= 15 is 0 Å². The molecule has 1 fully saturated rings. The minimum atomic E-state index is -0.270. The number of allylic oxidation sites excluding steroid dienone is 3. The lowest BCUT2D eigenvalue weighted by atomic mass is 9.87. The molecule has 0 radical (unpaired) electrons. The Hall–Kier alpha value is -1.05. The molecule has 0 N–H and O–H groups in total. The lowest BCUT2D eigenvalue weighted by Crippen LogP contribution is -2.45. The molecule has 0 amide bonds. The van der Waals surface area contributed by atoms with Crippen LogP contribution in [0.25, 0.3) is 0 Å². The Bertz CT molecular complexity index is 626. The maximum Gasteiger partial charge on any atom is 0.311 e. The van der Waals surface area contributed by atoms with Crippen LogP contribution >= 0.6 is 0 Å². The quantitative estimate of drug-likeness (QED) is 0.0434. The second kappa shape index (κ2) is 30.0. The van der Waals surface area contributed by atoms with Gasteiger partial charge in [0, 0.05) is 0 Å². The second-order valence-corrected chi connectivity index (χ2v) is 13.5. The van der Waals surface area contributed by atoms with E-state index in [2.05, 4.69) is 38.2 Å². The summed E-state index contributed by atoms with van der Waals surface area (Å²) in [5.41, 5.74) is -0.270. The van der Waals surface area contributed by atoms with Crippen molar-refractivity contribution in [3.63, 3.8) is 0 Å². The Morgan fingerprint density at radius 1 is 0.476 bits per heavy atom. The minimum absolute atomic E-state index is 0.0174. The average Bonchev–Trinajstić information content (AvgIpc) is 2.97. The summed E-state index contributed by atoms with van der Waals surface area (Å²) in [6.07, 6.45) is 51.9. The molecule has 0 aromatic carbocycles. The van der Waals surface area contributed by atoms with Crippen molar-refractivity contribution in [1.82, 2.24) is 0 Å². The van der Waals surface area contributed by atoms with Crippen molar-refractivity contribution in [2.45, 2.75) is 225 Å². The van der Waals surface area contributed by atoms with E-state index in [1.54, 1.807) is 0 Å². The maximum absolute atomic E-state index is 11.6. The van der Waals surface area contributed by atoms with Gasteiger partial charge in [0.05, 0.1) is 6.42 Å². The molecule has 1 atom stereocenters. The van der Waals surface area contributed by atoms with Crippen molar-refractivity contribution in [2.24, 2.45) is 0 Å². The van der Waals surface area contributed by atoms with Crippen LogP contribution in [0, 0.1) is 0 Å². The van der Waals surface area contributed by atoms with Crippen LogP contribution in [0.4, 0.5) is 0 Å². The molecule has 1 unspecified atom stereocenters. The highest BCUT2D eigenvalue weighted by atomic mass is 16.6. The zero-order chi connectivity index (χ0) is 30.2. The van der Waals surface area contributed by atoms with Crippen LogP contribution in [-0.4, -0.2) is 11.6 Å². The fourth-order valence-electron chi connectivity index (χ4n) is 6.38. The third-order valence-electron chi connectivity index (χ3n) is 9.27. The molecule has 42 heavy (non-hydrogen) atoms. The van der Waals surface area contributed by atoms with E-state index in [9.17, 15) is 4.79 Å². The van der Waals surface area contributed by atoms with Crippen LogP contribution in [0.1, 0.15) is 219 Å². The van der Waals surface area contributed by atoms with E-state index in [0.29, 0.717) is 6.42 Å². The number of hydrogen-bond acceptors (Lipinski definition) is 2. The van der Waals surface area contributed by atoms with Gasteiger partial charge in [-0.2, -0.15) is 0 Å². The summed E-state index contributed by atoms with van der Waals surface area (Å²) in [6.45, 7) is 4.58. The lowest BCUT2D eigenvalue weighted by Gasteiger charge is -2.38. The van der Waals surface area contributed by atoms with Gasteiger partial charge in [-0.1, -0.05) is 180 Å². The van der Waals surface area contributed by atoms with Crippen LogP contribution in [0.2, 0.25) is 0 Å². The normalized spacial score (nSPS) is 17.0. The highest BCUT2D eigenvalue weighted by Crippen LogP contribution is 2.35.